The molecule has 0 aliphatic heterocycles. The summed E-state index contributed by atoms with van der Waals surface area (Å²) in [6, 6.07) is 9.23. The molecule has 1 amide bonds. The second kappa shape index (κ2) is 7.71. The molecule has 0 bridgehead atoms. The maximum atomic E-state index is 12.5. The van der Waals surface area contributed by atoms with E-state index in [1.807, 2.05) is 4.72 Å². The molecule has 11 heteroatoms. The van der Waals surface area contributed by atoms with E-state index in [0.717, 1.165) is 0 Å². The quantitative estimate of drug-likeness (QED) is 0.637. The van der Waals surface area contributed by atoms with Crippen LogP contribution in [-0.4, -0.2) is 29.3 Å². The molecular weight excluding hydrogens is 447 g/mol. The predicted molar refractivity (Wildman–Crippen MR) is 107 cm³/mol. The minimum Gasteiger partial charge on any atom is -0.266 e. The van der Waals surface area contributed by atoms with Gasteiger partial charge < -0.3 is 0 Å². The molecule has 2 aromatic carbocycles. The summed E-state index contributed by atoms with van der Waals surface area (Å²) >= 11 is 18.3. The molecule has 0 spiro atoms. The van der Waals surface area contributed by atoms with E-state index in [1.165, 1.54) is 29.8 Å². The average Bonchev–Trinajstić information content (AvgIpc) is 2.95. The smallest absolute Gasteiger partial charge is 0.266 e. The molecule has 1 heterocycles. The standard InChI is InChI=1S/C17H13Cl3N4O3S/c1-9-5-3-4-6-14(9)28(26,27)22-17(25)15-10(2)24(23-21-15)16-12(19)7-11(18)8-13(16)20/h3-8H,1-2H3,(H,22,25). The number of carbonyl (C=O) groups is 1. The zero-order valence-electron chi connectivity index (χ0n) is 14.6. The van der Waals surface area contributed by atoms with Crippen LogP contribution >= 0.6 is 34.8 Å². The first-order valence-corrected chi connectivity index (χ1v) is 10.4. The molecule has 7 nitrogen and oxygen atoms in total. The number of rotatable bonds is 4. The second-order valence-electron chi connectivity index (χ2n) is 5.85. The van der Waals surface area contributed by atoms with E-state index >= 15 is 0 Å². The van der Waals surface area contributed by atoms with Crippen molar-refractivity contribution in [2.75, 3.05) is 0 Å². The van der Waals surface area contributed by atoms with Crippen LogP contribution in [0.2, 0.25) is 15.1 Å². The van der Waals surface area contributed by atoms with E-state index in [1.54, 1.807) is 25.1 Å². The van der Waals surface area contributed by atoms with Crippen molar-refractivity contribution in [1.82, 2.24) is 19.7 Å². The molecule has 0 unspecified atom stereocenters. The van der Waals surface area contributed by atoms with Crippen LogP contribution in [0.1, 0.15) is 21.7 Å². The highest BCUT2D eigenvalue weighted by Gasteiger charge is 2.25. The molecule has 0 aliphatic carbocycles. The number of benzene rings is 2. The molecule has 0 saturated heterocycles. The number of aromatic nitrogens is 3. The Balaban J connectivity index is 1.97. The van der Waals surface area contributed by atoms with Crippen LogP contribution in [0.15, 0.2) is 41.3 Å². The number of carbonyl (C=O) groups excluding carboxylic acids is 1. The molecule has 28 heavy (non-hydrogen) atoms. The van der Waals surface area contributed by atoms with Gasteiger partial charge in [0.15, 0.2) is 5.69 Å². The first-order valence-electron chi connectivity index (χ1n) is 7.82. The van der Waals surface area contributed by atoms with Gasteiger partial charge in [-0.25, -0.2) is 17.8 Å². The molecule has 0 atom stereocenters. The van der Waals surface area contributed by atoms with E-state index in [2.05, 4.69) is 10.3 Å². The summed E-state index contributed by atoms with van der Waals surface area (Å²) in [7, 11) is -4.08. The highest BCUT2D eigenvalue weighted by molar-refractivity contribution is 7.90. The lowest BCUT2D eigenvalue weighted by Crippen LogP contribution is -2.31. The van der Waals surface area contributed by atoms with Crippen molar-refractivity contribution < 1.29 is 13.2 Å². The van der Waals surface area contributed by atoms with Gasteiger partial charge in [0.1, 0.15) is 5.69 Å². The Kier molecular flexibility index (Phi) is 5.67. The minimum absolute atomic E-state index is 0.00261. The first-order chi connectivity index (χ1) is 13.1. The Labute approximate surface area is 176 Å². The maximum Gasteiger partial charge on any atom is 0.287 e. The molecular formula is C17H13Cl3N4O3S. The summed E-state index contributed by atoms with van der Waals surface area (Å²) in [5.74, 6) is -0.923. The van der Waals surface area contributed by atoms with Gasteiger partial charge in [-0.3, -0.25) is 4.79 Å². The van der Waals surface area contributed by atoms with Crippen molar-refractivity contribution in [2.24, 2.45) is 0 Å². The first kappa shape index (κ1) is 20.6. The molecule has 0 saturated carbocycles. The van der Waals surface area contributed by atoms with E-state index in [4.69, 9.17) is 34.8 Å². The normalized spacial score (nSPS) is 11.5. The van der Waals surface area contributed by atoms with Crippen molar-refractivity contribution in [3.8, 4) is 5.69 Å². The summed E-state index contributed by atoms with van der Waals surface area (Å²) < 4.78 is 28.3. The van der Waals surface area contributed by atoms with Crippen molar-refractivity contribution in [1.29, 1.82) is 0 Å². The summed E-state index contributed by atoms with van der Waals surface area (Å²) in [4.78, 5) is 12.5. The summed E-state index contributed by atoms with van der Waals surface area (Å²) in [6.45, 7) is 3.17. The van der Waals surface area contributed by atoms with Gasteiger partial charge in [0.2, 0.25) is 0 Å². The number of sulfonamides is 1. The fourth-order valence-corrected chi connectivity index (χ4v) is 4.75. The number of hydrogen-bond donors (Lipinski definition) is 1. The predicted octanol–water partition coefficient (Wildman–Crippen LogP) is 3.96. The SMILES string of the molecule is Cc1ccccc1S(=O)(=O)NC(=O)c1nnn(-c2c(Cl)cc(Cl)cc2Cl)c1C. The van der Waals surface area contributed by atoms with E-state index in [-0.39, 0.29) is 32.0 Å². The second-order valence-corrected chi connectivity index (χ2v) is 8.76. The molecule has 1 N–H and O–H groups in total. The van der Waals surface area contributed by atoms with Crippen LogP contribution in [0.3, 0.4) is 0 Å². The molecule has 146 valence electrons. The Hall–Kier alpha value is -2.13. The highest BCUT2D eigenvalue weighted by Crippen LogP contribution is 2.32. The van der Waals surface area contributed by atoms with Gasteiger partial charge in [0, 0.05) is 5.02 Å². The Morgan fingerprint density at radius 1 is 1.07 bits per heavy atom. The van der Waals surface area contributed by atoms with Crippen LogP contribution in [0.25, 0.3) is 5.69 Å². The van der Waals surface area contributed by atoms with Crippen molar-refractivity contribution in [3.05, 3.63) is 68.4 Å². The van der Waals surface area contributed by atoms with Gasteiger partial charge >= 0.3 is 0 Å². The Morgan fingerprint density at radius 3 is 2.29 bits per heavy atom. The number of aryl methyl sites for hydroxylation is 1. The third-order valence-electron chi connectivity index (χ3n) is 3.91. The number of amides is 1. The third kappa shape index (κ3) is 3.86. The lowest BCUT2D eigenvalue weighted by atomic mass is 10.2. The van der Waals surface area contributed by atoms with Gasteiger partial charge in [-0.1, -0.05) is 58.2 Å². The van der Waals surface area contributed by atoms with Crippen molar-refractivity contribution in [2.45, 2.75) is 18.7 Å². The fraction of sp³-hybridized carbons (Fsp3) is 0.118. The zero-order chi connectivity index (χ0) is 20.6. The van der Waals surface area contributed by atoms with Gasteiger partial charge in [0.05, 0.1) is 20.6 Å². The lowest BCUT2D eigenvalue weighted by Gasteiger charge is -2.10. The monoisotopic (exact) mass is 458 g/mol. The van der Waals surface area contributed by atoms with E-state index in [0.29, 0.717) is 10.6 Å². The average molecular weight is 460 g/mol. The zero-order valence-corrected chi connectivity index (χ0v) is 17.7. The number of halogens is 3. The maximum absolute atomic E-state index is 12.5. The van der Waals surface area contributed by atoms with Gasteiger partial charge in [0.25, 0.3) is 15.9 Å². The fourth-order valence-electron chi connectivity index (χ4n) is 2.57. The third-order valence-corrected chi connectivity index (χ3v) is 6.20. The van der Waals surface area contributed by atoms with Gasteiger partial charge in [-0.2, -0.15) is 0 Å². The molecule has 3 rings (SSSR count). The molecule has 0 fully saturated rings. The lowest BCUT2D eigenvalue weighted by molar-refractivity contribution is 0.0976. The van der Waals surface area contributed by atoms with E-state index < -0.39 is 15.9 Å². The van der Waals surface area contributed by atoms with Crippen LogP contribution < -0.4 is 4.72 Å². The number of nitrogens with zero attached hydrogens (tertiary/aromatic N) is 3. The minimum atomic E-state index is -4.08. The largest absolute Gasteiger partial charge is 0.287 e. The summed E-state index contributed by atoms with van der Waals surface area (Å²) in [6.07, 6.45) is 0. The Morgan fingerprint density at radius 2 is 1.68 bits per heavy atom. The van der Waals surface area contributed by atoms with E-state index in [9.17, 15) is 13.2 Å². The van der Waals surface area contributed by atoms with Crippen LogP contribution in [-0.2, 0) is 10.0 Å². The number of hydrogen-bond acceptors (Lipinski definition) is 5. The molecule has 3 aromatic rings. The van der Waals surface area contributed by atoms with Crippen LogP contribution in [0, 0.1) is 13.8 Å². The van der Waals surface area contributed by atoms with Crippen molar-refractivity contribution >= 4 is 50.7 Å². The summed E-state index contributed by atoms with van der Waals surface area (Å²) in [5.41, 5.74) is 0.851. The number of nitrogens with one attached hydrogen (secondary N) is 1. The van der Waals surface area contributed by atoms with Crippen molar-refractivity contribution in [3.63, 3.8) is 0 Å². The topological polar surface area (TPSA) is 93.9 Å². The highest BCUT2D eigenvalue weighted by atomic mass is 35.5. The molecule has 1 aromatic heterocycles. The van der Waals surface area contributed by atoms with Crippen LogP contribution in [0.4, 0.5) is 0 Å². The summed E-state index contributed by atoms with van der Waals surface area (Å²) in [5, 5.41) is 8.39. The van der Waals surface area contributed by atoms with Gasteiger partial charge in [-0.15, -0.1) is 5.10 Å². The molecule has 0 radical (unpaired) electrons. The van der Waals surface area contributed by atoms with Gasteiger partial charge in [-0.05, 0) is 37.6 Å². The van der Waals surface area contributed by atoms with Crippen LogP contribution in [0.5, 0.6) is 0 Å². The molecule has 0 aliphatic rings. The Bertz CT molecular complexity index is 1170.